The highest BCUT2D eigenvalue weighted by Crippen LogP contribution is 2.33. The van der Waals surface area contributed by atoms with E-state index in [-0.39, 0.29) is 11.6 Å². The molecule has 1 N–H and O–H groups in total. The third-order valence-corrected chi connectivity index (χ3v) is 6.55. The van der Waals surface area contributed by atoms with E-state index >= 15 is 0 Å². The Morgan fingerprint density at radius 2 is 1.77 bits per heavy atom. The van der Waals surface area contributed by atoms with Crippen LogP contribution in [0.5, 0.6) is 23.1 Å². The van der Waals surface area contributed by atoms with Gasteiger partial charge in [-0.05, 0) is 49.0 Å². The summed E-state index contributed by atoms with van der Waals surface area (Å²) < 4.78 is 24.9. The monoisotopic (exact) mass is 479 g/mol. The lowest BCUT2D eigenvalue weighted by molar-refractivity contribution is 0.237. The second-order valence-corrected chi connectivity index (χ2v) is 9.07. The van der Waals surface area contributed by atoms with E-state index in [1.54, 1.807) is 25.3 Å². The number of phenols is 1. The van der Waals surface area contributed by atoms with E-state index in [0.29, 0.717) is 36.4 Å². The maximum atomic E-state index is 13.5. The van der Waals surface area contributed by atoms with Gasteiger partial charge in [0.25, 0.3) is 0 Å². The molecule has 5 rings (SSSR count). The Morgan fingerprint density at radius 3 is 2.51 bits per heavy atom. The lowest BCUT2D eigenvalue weighted by atomic mass is 10.1. The molecule has 0 spiro atoms. The average Bonchev–Trinajstić information content (AvgIpc) is 2.87. The molecule has 0 amide bonds. The number of benzene rings is 2. The van der Waals surface area contributed by atoms with Gasteiger partial charge in [0.2, 0.25) is 11.8 Å². The van der Waals surface area contributed by atoms with E-state index in [4.69, 9.17) is 19.4 Å². The van der Waals surface area contributed by atoms with Crippen molar-refractivity contribution in [3.8, 4) is 23.1 Å². The zero-order valence-corrected chi connectivity index (χ0v) is 20.1. The normalized spacial score (nSPS) is 16.7. The molecule has 1 saturated heterocycles. The van der Waals surface area contributed by atoms with Crippen LogP contribution in [0.2, 0.25) is 0 Å². The average molecular weight is 480 g/mol. The molecule has 2 aliphatic rings. The number of hydrogen-bond donors (Lipinski definition) is 1. The van der Waals surface area contributed by atoms with Crippen LogP contribution in [0, 0.1) is 5.82 Å². The van der Waals surface area contributed by atoms with Crippen LogP contribution in [-0.4, -0.2) is 71.8 Å². The number of fused-ring (bicyclic) bond motifs is 1. The summed E-state index contributed by atoms with van der Waals surface area (Å²) in [5, 5.41) is 9.91. The van der Waals surface area contributed by atoms with Gasteiger partial charge in [0.15, 0.2) is 11.5 Å². The summed E-state index contributed by atoms with van der Waals surface area (Å²) in [4.78, 5) is 16.6. The number of anilines is 1. The molecule has 2 aliphatic heterocycles. The Balaban J connectivity index is 1.42. The van der Waals surface area contributed by atoms with Crippen molar-refractivity contribution in [2.75, 3.05) is 51.8 Å². The minimum Gasteiger partial charge on any atom is -0.504 e. The van der Waals surface area contributed by atoms with Crippen LogP contribution in [0.15, 0.2) is 42.5 Å². The van der Waals surface area contributed by atoms with E-state index < -0.39 is 0 Å². The molecule has 8 nitrogen and oxygen atoms in total. The molecule has 2 aromatic carbocycles. The number of rotatable bonds is 6. The van der Waals surface area contributed by atoms with Crippen LogP contribution in [0.3, 0.4) is 0 Å². The number of ether oxygens (including phenoxy) is 2. The van der Waals surface area contributed by atoms with Gasteiger partial charge in [0, 0.05) is 52.2 Å². The second-order valence-electron chi connectivity index (χ2n) is 9.07. The quantitative estimate of drug-likeness (QED) is 0.577. The number of aromatic hydroxyl groups is 1. The fourth-order valence-electron chi connectivity index (χ4n) is 4.49. The van der Waals surface area contributed by atoms with Crippen molar-refractivity contribution in [1.29, 1.82) is 0 Å². The van der Waals surface area contributed by atoms with Crippen molar-refractivity contribution >= 4 is 5.95 Å². The summed E-state index contributed by atoms with van der Waals surface area (Å²) in [5.41, 5.74) is 2.98. The standard InChI is InChI=1S/C26H30FN5O3/c1-30-11-13-32(14-12-30)26-28-22-9-10-31(16-18-3-8-23(33)24(15-18)34-2)17-21(22)25(29-26)35-20-6-4-19(27)5-7-20/h3-8,15,33H,9-14,16-17H2,1-2H3. The van der Waals surface area contributed by atoms with E-state index in [9.17, 15) is 9.50 Å². The van der Waals surface area contributed by atoms with Crippen molar-refractivity contribution in [2.45, 2.75) is 19.5 Å². The van der Waals surface area contributed by atoms with Gasteiger partial charge in [-0.3, -0.25) is 4.90 Å². The van der Waals surface area contributed by atoms with Crippen molar-refractivity contribution < 1.29 is 19.0 Å². The van der Waals surface area contributed by atoms with Crippen molar-refractivity contribution in [3.63, 3.8) is 0 Å². The molecular weight excluding hydrogens is 449 g/mol. The third-order valence-electron chi connectivity index (χ3n) is 6.55. The fraction of sp³-hybridized carbons (Fsp3) is 0.385. The zero-order valence-electron chi connectivity index (χ0n) is 20.1. The predicted molar refractivity (Wildman–Crippen MR) is 131 cm³/mol. The van der Waals surface area contributed by atoms with Gasteiger partial charge in [-0.2, -0.15) is 4.98 Å². The molecule has 184 valence electrons. The number of halogens is 1. The highest BCUT2D eigenvalue weighted by molar-refractivity contribution is 5.45. The molecule has 35 heavy (non-hydrogen) atoms. The SMILES string of the molecule is COc1cc(CN2CCc3nc(N4CCN(C)CC4)nc(Oc4ccc(F)cc4)c3C2)ccc1O. The minimum absolute atomic E-state index is 0.125. The fourth-order valence-corrected chi connectivity index (χ4v) is 4.49. The van der Waals surface area contributed by atoms with Gasteiger partial charge in [-0.15, -0.1) is 0 Å². The molecule has 1 fully saturated rings. The van der Waals surface area contributed by atoms with E-state index in [1.807, 2.05) is 12.1 Å². The summed E-state index contributed by atoms with van der Waals surface area (Å²) in [6.45, 7) is 5.78. The van der Waals surface area contributed by atoms with Crippen LogP contribution in [-0.2, 0) is 19.5 Å². The molecule has 0 unspecified atom stereocenters. The zero-order chi connectivity index (χ0) is 24.4. The Kier molecular flexibility index (Phi) is 6.70. The predicted octanol–water partition coefficient (Wildman–Crippen LogP) is 3.43. The van der Waals surface area contributed by atoms with Gasteiger partial charge < -0.3 is 24.4 Å². The molecule has 0 radical (unpaired) electrons. The highest BCUT2D eigenvalue weighted by Gasteiger charge is 2.26. The Labute approximate surface area is 204 Å². The van der Waals surface area contributed by atoms with E-state index in [0.717, 1.165) is 56.0 Å². The second kappa shape index (κ2) is 10.1. The molecular formula is C26H30FN5O3. The number of nitrogens with zero attached hydrogens (tertiary/aromatic N) is 5. The molecule has 0 bridgehead atoms. The van der Waals surface area contributed by atoms with E-state index in [1.165, 1.54) is 12.1 Å². The lowest BCUT2D eigenvalue weighted by Crippen LogP contribution is -2.45. The Bertz CT molecular complexity index is 1180. The summed E-state index contributed by atoms with van der Waals surface area (Å²) in [6.07, 6.45) is 0.771. The van der Waals surface area contributed by atoms with Gasteiger partial charge in [-0.1, -0.05) is 6.07 Å². The molecule has 0 saturated carbocycles. The minimum atomic E-state index is -0.310. The smallest absolute Gasteiger partial charge is 0.228 e. The summed E-state index contributed by atoms with van der Waals surface area (Å²) in [6, 6.07) is 11.4. The lowest BCUT2D eigenvalue weighted by Gasteiger charge is -2.34. The van der Waals surface area contributed by atoms with Gasteiger partial charge in [0.05, 0.1) is 18.4 Å². The Hall–Kier alpha value is -3.43. The summed E-state index contributed by atoms with van der Waals surface area (Å²) >= 11 is 0. The number of methoxy groups -OCH3 is 1. The molecule has 9 heteroatoms. The summed E-state index contributed by atoms with van der Waals surface area (Å²) in [5.74, 6) is 2.02. The largest absolute Gasteiger partial charge is 0.504 e. The van der Waals surface area contributed by atoms with Gasteiger partial charge in [0.1, 0.15) is 11.6 Å². The van der Waals surface area contributed by atoms with Crippen LogP contribution < -0.4 is 14.4 Å². The third kappa shape index (κ3) is 5.31. The van der Waals surface area contributed by atoms with E-state index in [2.05, 4.69) is 21.7 Å². The number of phenolic OH excluding ortho intramolecular Hbond substituents is 1. The molecule has 3 aromatic rings. The van der Waals surface area contributed by atoms with Crippen molar-refractivity contribution in [3.05, 3.63) is 65.1 Å². The van der Waals surface area contributed by atoms with Crippen molar-refractivity contribution in [1.82, 2.24) is 19.8 Å². The number of hydrogen-bond acceptors (Lipinski definition) is 8. The highest BCUT2D eigenvalue weighted by atomic mass is 19.1. The number of aromatic nitrogens is 2. The van der Waals surface area contributed by atoms with Crippen LogP contribution >= 0.6 is 0 Å². The molecule has 0 atom stereocenters. The van der Waals surface area contributed by atoms with Crippen LogP contribution in [0.25, 0.3) is 0 Å². The first-order valence-corrected chi connectivity index (χ1v) is 11.8. The summed E-state index contributed by atoms with van der Waals surface area (Å²) in [7, 11) is 3.66. The first-order chi connectivity index (χ1) is 17.0. The maximum absolute atomic E-state index is 13.5. The molecule has 1 aromatic heterocycles. The molecule has 0 aliphatic carbocycles. The Morgan fingerprint density at radius 1 is 1.00 bits per heavy atom. The van der Waals surface area contributed by atoms with Gasteiger partial charge in [-0.25, -0.2) is 9.37 Å². The number of likely N-dealkylation sites (N-methyl/N-ethyl adjacent to an activating group) is 1. The first kappa shape index (κ1) is 23.3. The first-order valence-electron chi connectivity index (χ1n) is 11.8. The van der Waals surface area contributed by atoms with Gasteiger partial charge >= 0.3 is 0 Å². The molecule has 3 heterocycles. The van der Waals surface area contributed by atoms with Crippen LogP contribution in [0.4, 0.5) is 10.3 Å². The topological polar surface area (TPSA) is 74.2 Å². The van der Waals surface area contributed by atoms with Crippen molar-refractivity contribution in [2.24, 2.45) is 0 Å². The van der Waals surface area contributed by atoms with Crippen LogP contribution in [0.1, 0.15) is 16.8 Å². The number of piperazine rings is 1. The maximum Gasteiger partial charge on any atom is 0.228 e.